The summed E-state index contributed by atoms with van der Waals surface area (Å²) in [4.78, 5) is 1.69. The average molecular weight is 347 g/mol. The van der Waals surface area contributed by atoms with Crippen molar-refractivity contribution < 1.29 is 22.3 Å². The normalized spacial score (nSPS) is 23.3. The number of nitrogens with zero attached hydrogens (tertiary/aromatic N) is 1. The van der Waals surface area contributed by atoms with Gasteiger partial charge in [0, 0.05) is 12.5 Å². The molecule has 6 heteroatoms. The van der Waals surface area contributed by atoms with E-state index in [0.717, 1.165) is 11.3 Å². The molecule has 0 N–H and O–H groups in total. The quantitative estimate of drug-likeness (QED) is 0.519. The number of hydrogen-bond acceptors (Lipinski definition) is 2. The van der Waals surface area contributed by atoms with Gasteiger partial charge in [-0.25, -0.2) is 4.39 Å². The Balaban J connectivity index is 1.92. The summed E-state index contributed by atoms with van der Waals surface area (Å²) in [7, 11) is 1.59. The number of alkyl halides is 4. The highest BCUT2D eigenvalue weighted by Gasteiger charge is 2.43. The molecule has 136 valence electrons. The van der Waals surface area contributed by atoms with Gasteiger partial charge in [-0.3, -0.25) is 4.90 Å². The largest absolute Gasteiger partial charge is 0.497 e. The van der Waals surface area contributed by atoms with E-state index in [-0.39, 0.29) is 18.8 Å². The second kappa shape index (κ2) is 8.19. The minimum atomic E-state index is -4.15. The van der Waals surface area contributed by atoms with E-state index in [1.165, 1.54) is 0 Å². The van der Waals surface area contributed by atoms with Crippen LogP contribution in [0.4, 0.5) is 17.6 Å². The maximum absolute atomic E-state index is 14.8. The lowest BCUT2D eigenvalue weighted by Crippen LogP contribution is -2.40. The van der Waals surface area contributed by atoms with Crippen LogP contribution in [0.25, 0.3) is 0 Å². The molecule has 1 aliphatic rings. The third kappa shape index (κ3) is 4.85. The molecule has 0 amide bonds. The molecule has 2 nitrogen and oxygen atoms in total. The fourth-order valence-corrected chi connectivity index (χ4v) is 3.36. The van der Waals surface area contributed by atoms with Gasteiger partial charge >= 0.3 is 6.18 Å². The van der Waals surface area contributed by atoms with E-state index in [9.17, 15) is 17.6 Å². The summed E-state index contributed by atoms with van der Waals surface area (Å²) in [6.45, 7) is 2.84. The second-order valence-corrected chi connectivity index (χ2v) is 6.44. The Labute approximate surface area is 140 Å². The number of rotatable bonds is 6. The molecule has 1 aromatic carbocycles. The van der Waals surface area contributed by atoms with E-state index in [1.54, 1.807) is 12.0 Å². The second-order valence-electron chi connectivity index (χ2n) is 6.44. The predicted molar refractivity (Wildman–Crippen MR) is 85.5 cm³/mol. The van der Waals surface area contributed by atoms with Crippen LogP contribution in [0.1, 0.15) is 38.2 Å². The third-order valence-electron chi connectivity index (χ3n) is 4.92. The van der Waals surface area contributed by atoms with Crippen molar-refractivity contribution in [3.8, 4) is 5.75 Å². The van der Waals surface area contributed by atoms with Crippen molar-refractivity contribution in [2.24, 2.45) is 11.8 Å². The number of hydrogen-bond donors (Lipinski definition) is 0. The summed E-state index contributed by atoms with van der Waals surface area (Å²) in [5.41, 5.74) is 0.962. The molecule has 0 aliphatic heterocycles. The highest BCUT2D eigenvalue weighted by atomic mass is 19.4. The molecule has 1 aliphatic carbocycles. The zero-order valence-electron chi connectivity index (χ0n) is 14.2. The Bertz CT molecular complexity index is 495. The molecule has 1 saturated carbocycles. The van der Waals surface area contributed by atoms with Gasteiger partial charge in [0.15, 0.2) is 6.30 Å². The van der Waals surface area contributed by atoms with Crippen LogP contribution in [0, 0.1) is 11.8 Å². The van der Waals surface area contributed by atoms with Crippen LogP contribution in [-0.4, -0.2) is 31.0 Å². The molecule has 24 heavy (non-hydrogen) atoms. The van der Waals surface area contributed by atoms with Crippen molar-refractivity contribution in [1.82, 2.24) is 4.90 Å². The average Bonchev–Trinajstić information content (AvgIpc) is 2.59. The van der Waals surface area contributed by atoms with Crippen molar-refractivity contribution in [3.05, 3.63) is 29.8 Å². The van der Waals surface area contributed by atoms with Gasteiger partial charge in [-0.05, 0) is 49.9 Å². The Morgan fingerprint density at radius 3 is 2.17 bits per heavy atom. The zero-order chi connectivity index (χ0) is 17.7. The first kappa shape index (κ1) is 19.0. The van der Waals surface area contributed by atoms with Gasteiger partial charge in [0.05, 0.1) is 13.0 Å². The maximum Gasteiger partial charge on any atom is 0.391 e. The van der Waals surface area contributed by atoms with Crippen molar-refractivity contribution >= 4 is 0 Å². The van der Waals surface area contributed by atoms with Crippen LogP contribution >= 0.6 is 0 Å². The molecule has 0 saturated heterocycles. The van der Waals surface area contributed by atoms with Crippen LogP contribution in [0.3, 0.4) is 0 Å². The van der Waals surface area contributed by atoms with Gasteiger partial charge in [-0.15, -0.1) is 0 Å². The fourth-order valence-electron chi connectivity index (χ4n) is 3.36. The monoisotopic (exact) mass is 347 g/mol. The summed E-state index contributed by atoms with van der Waals surface area (Å²) in [5, 5.41) is 0. The van der Waals surface area contributed by atoms with Gasteiger partial charge in [-0.1, -0.05) is 19.1 Å². The van der Waals surface area contributed by atoms with Gasteiger partial charge < -0.3 is 4.74 Å². The molecule has 1 aromatic rings. The first-order valence-electron chi connectivity index (χ1n) is 8.43. The molecule has 2 rings (SSSR count). The summed E-state index contributed by atoms with van der Waals surface area (Å²) >= 11 is 0. The van der Waals surface area contributed by atoms with Crippen molar-refractivity contribution in [2.75, 3.05) is 13.7 Å². The highest BCUT2D eigenvalue weighted by molar-refractivity contribution is 5.27. The lowest BCUT2D eigenvalue weighted by molar-refractivity contribution is -0.186. The summed E-state index contributed by atoms with van der Waals surface area (Å²) in [5.74, 6) is -0.844. The number of ether oxygens (including phenoxy) is 1. The lowest BCUT2D eigenvalue weighted by Gasteiger charge is -2.36. The fraction of sp³-hybridized carbons (Fsp3) is 0.667. The van der Waals surface area contributed by atoms with Gasteiger partial charge in [0.25, 0.3) is 0 Å². The molecule has 1 fully saturated rings. The van der Waals surface area contributed by atoms with Gasteiger partial charge in [-0.2, -0.15) is 13.2 Å². The first-order valence-corrected chi connectivity index (χ1v) is 8.43. The first-order chi connectivity index (χ1) is 11.3. The van der Waals surface area contributed by atoms with Gasteiger partial charge in [0.2, 0.25) is 0 Å². The summed E-state index contributed by atoms with van der Waals surface area (Å²) in [6.07, 6.45) is -4.69. The summed E-state index contributed by atoms with van der Waals surface area (Å²) < 4.78 is 58.1. The lowest BCUT2D eigenvalue weighted by atomic mass is 9.81. The highest BCUT2D eigenvalue weighted by Crippen LogP contribution is 2.41. The van der Waals surface area contributed by atoms with E-state index in [4.69, 9.17) is 4.74 Å². The molecular formula is C18H25F4NO. The van der Waals surface area contributed by atoms with Crippen LogP contribution < -0.4 is 4.74 Å². The topological polar surface area (TPSA) is 12.5 Å². The molecule has 1 unspecified atom stereocenters. The van der Waals surface area contributed by atoms with E-state index < -0.39 is 18.4 Å². The Morgan fingerprint density at radius 1 is 1.12 bits per heavy atom. The number of benzene rings is 1. The minimum Gasteiger partial charge on any atom is -0.497 e. The Hall–Kier alpha value is -1.30. The van der Waals surface area contributed by atoms with Crippen LogP contribution in [0.5, 0.6) is 5.75 Å². The van der Waals surface area contributed by atoms with E-state index in [0.29, 0.717) is 25.9 Å². The predicted octanol–water partition coefficient (Wildman–Crippen LogP) is 5.18. The van der Waals surface area contributed by atoms with Crippen molar-refractivity contribution in [1.29, 1.82) is 0 Å². The number of methoxy groups -OCH3 is 1. The molecule has 0 aromatic heterocycles. The van der Waals surface area contributed by atoms with Crippen molar-refractivity contribution in [3.63, 3.8) is 0 Å². The molecule has 0 spiro atoms. The van der Waals surface area contributed by atoms with Crippen LogP contribution in [-0.2, 0) is 6.54 Å². The maximum atomic E-state index is 14.8. The van der Waals surface area contributed by atoms with Gasteiger partial charge in [0.1, 0.15) is 5.75 Å². The van der Waals surface area contributed by atoms with E-state index >= 15 is 0 Å². The Morgan fingerprint density at radius 2 is 1.71 bits per heavy atom. The zero-order valence-corrected chi connectivity index (χ0v) is 14.2. The van der Waals surface area contributed by atoms with Crippen LogP contribution in [0.15, 0.2) is 24.3 Å². The molecule has 0 bridgehead atoms. The van der Waals surface area contributed by atoms with Crippen LogP contribution in [0.2, 0.25) is 0 Å². The third-order valence-corrected chi connectivity index (χ3v) is 4.92. The molecule has 0 radical (unpaired) electrons. The molecular weight excluding hydrogens is 322 g/mol. The smallest absolute Gasteiger partial charge is 0.391 e. The number of halogens is 4. The SMILES string of the molecule is CCN(Cc1ccc(OC)cc1)C(F)C1CCC(C(F)(F)F)CC1. The Kier molecular flexibility index (Phi) is 6.49. The van der Waals surface area contributed by atoms with E-state index in [1.807, 2.05) is 31.2 Å². The van der Waals surface area contributed by atoms with E-state index in [2.05, 4.69) is 0 Å². The minimum absolute atomic E-state index is 0.0364. The summed E-state index contributed by atoms with van der Waals surface area (Å²) in [6, 6.07) is 7.42. The molecule has 1 atom stereocenters. The standard InChI is InChI=1S/C18H25F4NO/c1-3-23(12-13-4-10-16(24-2)11-5-13)17(19)14-6-8-15(9-7-14)18(20,21)22/h4-5,10-11,14-15,17H,3,6-9,12H2,1-2H3. The molecule has 0 heterocycles. The van der Waals surface area contributed by atoms with Crippen molar-refractivity contribution in [2.45, 2.75) is 51.6 Å².